The second-order valence-corrected chi connectivity index (χ2v) is 9.76. The van der Waals surface area contributed by atoms with Crippen molar-refractivity contribution in [1.29, 1.82) is 0 Å². The lowest BCUT2D eigenvalue weighted by atomic mass is 10.2. The van der Waals surface area contributed by atoms with E-state index in [4.69, 9.17) is 4.74 Å². The summed E-state index contributed by atoms with van der Waals surface area (Å²) in [6.07, 6.45) is -3.38. The van der Waals surface area contributed by atoms with Gasteiger partial charge in [-0.15, -0.1) is 17.9 Å². The van der Waals surface area contributed by atoms with E-state index in [1.54, 1.807) is 5.38 Å². The Morgan fingerprint density at radius 2 is 1.94 bits per heavy atom. The number of benzene rings is 2. The van der Waals surface area contributed by atoms with Gasteiger partial charge in [-0.05, 0) is 43.3 Å². The standard InChI is InChI=1S/C22H19F3N2O4S2/c1-3-10-27(19-8-5-7-17(12-19)22(23,24)25)33(29,30)20-9-4-6-16(11-20)21(28)31-13-18-14-32-15(2)26-18/h3-9,11-12,14H,1,10,13H2,2H3. The van der Waals surface area contributed by atoms with Crippen LogP contribution in [0.15, 0.2) is 71.5 Å². The topological polar surface area (TPSA) is 76.6 Å². The normalized spacial score (nSPS) is 11.8. The fourth-order valence-corrected chi connectivity index (χ4v) is 4.98. The highest BCUT2D eigenvalue weighted by Gasteiger charge is 2.32. The first-order chi connectivity index (χ1) is 15.5. The van der Waals surface area contributed by atoms with Crippen molar-refractivity contribution in [2.24, 2.45) is 0 Å². The minimum absolute atomic E-state index is 0.0226. The Labute approximate surface area is 193 Å². The number of hydrogen-bond acceptors (Lipinski definition) is 6. The number of halogens is 3. The number of carbonyl (C=O) groups excluding carboxylic acids is 1. The van der Waals surface area contributed by atoms with Crippen LogP contribution < -0.4 is 4.31 Å². The Bertz CT molecular complexity index is 1270. The molecule has 6 nitrogen and oxygen atoms in total. The third-order valence-electron chi connectivity index (χ3n) is 4.43. The fourth-order valence-electron chi connectivity index (χ4n) is 2.91. The van der Waals surface area contributed by atoms with Gasteiger partial charge in [0.15, 0.2) is 0 Å². The lowest BCUT2D eigenvalue weighted by Gasteiger charge is -2.24. The smallest absolute Gasteiger partial charge is 0.416 e. The van der Waals surface area contributed by atoms with Gasteiger partial charge < -0.3 is 4.74 Å². The van der Waals surface area contributed by atoms with Gasteiger partial charge in [-0.2, -0.15) is 13.2 Å². The molecule has 0 unspecified atom stereocenters. The van der Waals surface area contributed by atoms with Crippen LogP contribution in [0.25, 0.3) is 0 Å². The molecule has 0 aliphatic carbocycles. The van der Waals surface area contributed by atoms with Crippen LogP contribution in [0.5, 0.6) is 0 Å². The van der Waals surface area contributed by atoms with Crippen LogP contribution in [0.3, 0.4) is 0 Å². The molecule has 0 spiro atoms. The number of aromatic nitrogens is 1. The van der Waals surface area contributed by atoms with Crippen molar-refractivity contribution >= 4 is 33.0 Å². The fraction of sp³-hybridized carbons (Fsp3) is 0.182. The molecule has 3 aromatic rings. The monoisotopic (exact) mass is 496 g/mol. The molecule has 0 N–H and O–H groups in total. The summed E-state index contributed by atoms with van der Waals surface area (Å²) in [5.74, 6) is -0.757. The lowest BCUT2D eigenvalue weighted by Crippen LogP contribution is -2.31. The van der Waals surface area contributed by atoms with Gasteiger partial charge in [0.2, 0.25) is 0 Å². The molecule has 0 bridgehead atoms. The van der Waals surface area contributed by atoms with Gasteiger partial charge in [0.05, 0.1) is 39.0 Å². The van der Waals surface area contributed by atoms with E-state index in [-0.39, 0.29) is 29.3 Å². The predicted octanol–water partition coefficient (Wildman–Crippen LogP) is 5.21. The molecule has 0 aliphatic heterocycles. The zero-order chi connectivity index (χ0) is 24.2. The second-order valence-electron chi connectivity index (χ2n) is 6.83. The Morgan fingerprint density at radius 3 is 2.58 bits per heavy atom. The van der Waals surface area contributed by atoms with Crippen LogP contribution in [0.4, 0.5) is 18.9 Å². The molecule has 0 saturated heterocycles. The van der Waals surface area contributed by atoms with Gasteiger partial charge in [0.1, 0.15) is 6.61 Å². The zero-order valence-electron chi connectivity index (χ0n) is 17.4. The summed E-state index contributed by atoms with van der Waals surface area (Å²) in [7, 11) is -4.32. The van der Waals surface area contributed by atoms with Gasteiger partial charge in [-0.25, -0.2) is 18.2 Å². The van der Waals surface area contributed by atoms with E-state index in [0.717, 1.165) is 33.6 Å². The van der Waals surface area contributed by atoms with Gasteiger partial charge in [-0.3, -0.25) is 4.31 Å². The molecular formula is C22H19F3N2O4S2. The second kappa shape index (κ2) is 9.75. The molecule has 0 aliphatic rings. The van der Waals surface area contributed by atoms with Crippen LogP contribution in [0.2, 0.25) is 0 Å². The first-order valence-corrected chi connectivity index (χ1v) is 11.8. The number of ether oxygens (including phenoxy) is 1. The van der Waals surface area contributed by atoms with Crippen LogP contribution in [0, 0.1) is 6.92 Å². The van der Waals surface area contributed by atoms with E-state index in [9.17, 15) is 26.4 Å². The van der Waals surface area contributed by atoms with Crippen molar-refractivity contribution in [3.8, 4) is 0 Å². The van der Waals surface area contributed by atoms with Gasteiger partial charge in [0, 0.05) is 5.38 Å². The summed E-state index contributed by atoms with van der Waals surface area (Å²) in [5.41, 5.74) is -0.627. The maximum atomic E-state index is 13.3. The third kappa shape index (κ3) is 5.79. The summed E-state index contributed by atoms with van der Waals surface area (Å²) >= 11 is 1.40. The Morgan fingerprint density at radius 1 is 1.21 bits per heavy atom. The summed E-state index contributed by atoms with van der Waals surface area (Å²) in [4.78, 5) is 16.3. The van der Waals surface area contributed by atoms with Crippen molar-refractivity contribution in [1.82, 2.24) is 4.98 Å². The zero-order valence-corrected chi connectivity index (χ0v) is 19.0. The quantitative estimate of drug-likeness (QED) is 0.316. The minimum atomic E-state index is -4.64. The average Bonchev–Trinajstić information content (AvgIpc) is 3.20. The van der Waals surface area contributed by atoms with Crippen LogP contribution in [-0.4, -0.2) is 25.9 Å². The minimum Gasteiger partial charge on any atom is -0.456 e. The number of carbonyl (C=O) groups is 1. The highest BCUT2D eigenvalue weighted by atomic mass is 32.2. The maximum Gasteiger partial charge on any atom is 0.416 e. The number of aryl methyl sites for hydroxylation is 1. The summed E-state index contributed by atoms with van der Waals surface area (Å²) in [5, 5.41) is 2.55. The van der Waals surface area contributed by atoms with Gasteiger partial charge in [0.25, 0.3) is 10.0 Å². The van der Waals surface area contributed by atoms with Crippen molar-refractivity contribution in [3.05, 3.63) is 88.4 Å². The number of thiazole rings is 1. The number of esters is 1. The Kier molecular flexibility index (Phi) is 7.23. The average molecular weight is 497 g/mol. The molecule has 0 saturated carbocycles. The van der Waals surface area contributed by atoms with Crippen LogP contribution >= 0.6 is 11.3 Å². The molecule has 0 radical (unpaired) electrons. The number of sulfonamides is 1. The van der Waals surface area contributed by atoms with Crippen molar-refractivity contribution < 1.29 is 31.1 Å². The third-order valence-corrected chi connectivity index (χ3v) is 7.04. The first-order valence-electron chi connectivity index (χ1n) is 9.51. The van der Waals surface area contributed by atoms with Gasteiger partial charge in [-0.1, -0.05) is 18.2 Å². The SMILES string of the molecule is C=CCN(c1cccc(C(F)(F)F)c1)S(=O)(=O)c1cccc(C(=O)OCc2csc(C)n2)c1. The number of nitrogens with zero attached hydrogens (tertiary/aromatic N) is 2. The summed E-state index contributed by atoms with van der Waals surface area (Å²) in [6.45, 7) is 4.95. The molecule has 11 heteroatoms. The molecule has 1 aromatic heterocycles. The molecule has 3 rings (SSSR count). The summed E-state index contributed by atoms with van der Waals surface area (Å²) < 4.78 is 71.9. The molecule has 0 atom stereocenters. The molecule has 0 fully saturated rings. The van der Waals surface area contributed by atoms with E-state index in [1.807, 2.05) is 6.92 Å². The molecule has 1 heterocycles. The number of hydrogen-bond donors (Lipinski definition) is 0. The van der Waals surface area contributed by atoms with Crippen molar-refractivity contribution in [2.75, 3.05) is 10.8 Å². The number of alkyl halides is 3. The molecule has 33 heavy (non-hydrogen) atoms. The number of rotatable bonds is 8. The Balaban J connectivity index is 1.90. The highest BCUT2D eigenvalue weighted by molar-refractivity contribution is 7.92. The van der Waals surface area contributed by atoms with Gasteiger partial charge >= 0.3 is 12.1 Å². The van der Waals surface area contributed by atoms with E-state index >= 15 is 0 Å². The van der Waals surface area contributed by atoms with E-state index in [1.165, 1.54) is 41.7 Å². The molecule has 2 aromatic carbocycles. The van der Waals surface area contributed by atoms with Crippen LogP contribution in [0.1, 0.15) is 26.6 Å². The van der Waals surface area contributed by atoms with E-state index < -0.39 is 27.7 Å². The maximum absolute atomic E-state index is 13.3. The highest BCUT2D eigenvalue weighted by Crippen LogP contribution is 2.33. The predicted molar refractivity (Wildman–Crippen MR) is 119 cm³/mol. The first kappa shape index (κ1) is 24.5. The molecule has 174 valence electrons. The lowest BCUT2D eigenvalue weighted by molar-refractivity contribution is -0.137. The van der Waals surface area contributed by atoms with E-state index in [0.29, 0.717) is 5.69 Å². The van der Waals surface area contributed by atoms with Crippen molar-refractivity contribution in [3.63, 3.8) is 0 Å². The largest absolute Gasteiger partial charge is 0.456 e. The summed E-state index contributed by atoms with van der Waals surface area (Å²) in [6, 6.07) is 9.08. The molecular weight excluding hydrogens is 477 g/mol. The number of anilines is 1. The Hall–Kier alpha value is -3.18. The van der Waals surface area contributed by atoms with E-state index in [2.05, 4.69) is 11.6 Å². The van der Waals surface area contributed by atoms with Crippen molar-refractivity contribution in [2.45, 2.75) is 24.6 Å². The van der Waals surface area contributed by atoms with Crippen LogP contribution in [-0.2, 0) is 27.5 Å². The molecule has 0 amide bonds.